The van der Waals surface area contributed by atoms with Crippen molar-refractivity contribution in [3.63, 3.8) is 0 Å². The minimum absolute atomic E-state index is 0.132. The van der Waals surface area contributed by atoms with Gasteiger partial charge in [-0.15, -0.1) is 0 Å². The Hall–Kier alpha value is -1.95. The average Bonchev–Trinajstić information content (AvgIpc) is 3.08. The summed E-state index contributed by atoms with van der Waals surface area (Å²) in [5.41, 5.74) is 1.24. The Morgan fingerprint density at radius 3 is 3.05 bits per heavy atom. The van der Waals surface area contributed by atoms with Gasteiger partial charge in [-0.05, 0) is 47.7 Å². The Bertz CT molecular complexity index is 587. The molecule has 1 fully saturated rings. The third kappa shape index (κ3) is 4.04. The Morgan fingerprint density at radius 2 is 2.27 bits per heavy atom. The van der Waals surface area contributed by atoms with E-state index in [1.54, 1.807) is 23.7 Å². The van der Waals surface area contributed by atoms with Crippen LogP contribution in [-0.4, -0.2) is 35.0 Å². The average molecular weight is 316 g/mol. The number of rotatable bonds is 5. The first-order valence-corrected chi connectivity index (χ1v) is 8.58. The highest BCUT2D eigenvalue weighted by Gasteiger charge is 2.22. The van der Waals surface area contributed by atoms with Gasteiger partial charge in [-0.3, -0.25) is 4.79 Å². The molecule has 0 saturated carbocycles. The molecular formula is C16H20N4OS. The first-order valence-electron chi connectivity index (χ1n) is 7.63. The number of amides is 1. The number of hydrogen-bond donors (Lipinski definition) is 1. The third-order valence-corrected chi connectivity index (χ3v) is 4.57. The lowest BCUT2D eigenvalue weighted by Crippen LogP contribution is -2.48. The van der Waals surface area contributed by atoms with Crippen LogP contribution in [0.4, 0.5) is 5.95 Å². The number of anilines is 1. The highest BCUT2D eigenvalue weighted by molar-refractivity contribution is 7.07. The van der Waals surface area contributed by atoms with E-state index in [4.69, 9.17) is 0 Å². The fraction of sp³-hybridized carbons (Fsp3) is 0.438. The number of nitrogens with zero attached hydrogens (tertiary/aromatic N) is 3. The Labute approximate surface area is 134 Å². The number of thiophene rings is 1. The summed E-state index contributed by atoms with van der Waals surface area (Å²) in [6.45, 7) is 1.74. The van der Waals surface area contributed by atoms with E-state index >= 15 is 0 Å². The highest BCUT2D eigenvalue weighted by atomic mass is 32.1. The van der Waals surface area contributed by atoms with Gasteiger partial charge in [0.25, 0.3) is 0 Å². The van der Waals surface area contributed by atoms with Crippen LogP contribution in [0.5, 0.6) is 0 Å². The molecule has 3 rings (SSSR count). The SMILES string of the molecule is O=C(CCc1ccsc1)N[C@@H]1CCCN(c2ncccn2)C1. The molecule has 1 aliphatic heterocycles. The number of aromatic nitrogens is 2. The summed E-state index contributed by atoms with van der Waals surface area (Å²) in [5, 5.41) is 7.30. The number of hydrogen-bond acceptors (Lipinski definition) is 5. The second-order valence-electron chi connectivity index (χ2n) is 5.53. The Morgan fingerprint density at radius 1 is 1.41 bits per heavy atom. The van der Waals surface area contributed by atoms with Gasteiger partial charge in [0.05, 0.1) is 0 Å². The molecule has 22 heavy (non-hydrogen) atoms. The Kier molecular flexibility index (Phi) is 5.00. The normalized spacial score (nSPS) is 18.2. The van der Waals surface area contributed by atoms with Crippen LogP contribution in [0.15, 0.2) is 35.3 Å². The summed E-state index contributed by atoms with van der Waals surface area (Å²) in [5.74, 6) is 0.881. The summed E-state index contributed by atoms with van der Waals surface area (Å²) in [4.78, 5) is 22.8. The highest BCUT2D eigenvalue weighted by Crippen LogP contribution is 2.15. The van der Waals surface area contributed by atoms with Crippen molar-refractivity contribution in [2.75, 3.05) is 18.0 Å². The number of piperidine rings is 1. The first-order chi connectivity index (χ1) is 10.8. The summed E-state index contributed by atoms with van der Waals surface area (Å²) < 4.78 is 0. The van der Waals surface area contributed by atoms with E-state index in [0.717, 1.165) is 38.3 Å². The van der Waals surface area contributed by atoms with Gasteiger partial charge in [0.1, 0.15) is 0 Å². The maximum absolute atomic E-state index is 12.1. The van der Waals surface area contributed by atoms with Gasteiger partial charge in [-0.1, -0.05) is 0 Å². The maximum Gasteiger partial charge on any atom is 0.225 e. The van der Waals surface area contributed by atoms with E-state index in [-0.39, 0.29) is 11.9 Å². The summed E-state index contributed by atoms with van der Waals surface area (Å²) in [6.07, 6.45) is 6.95. The molecule has 1 saturated heterocycles. The zero-order valence-electron chi connectivity index (χ0n) is 12.4. The molecule has 0 bridgehead atoms. The molecule has 116 valence electrons. The zero-order valence-corrected chi connectivity index (χ0v) is 13.3. The quantitative estimate of drug-likeness (QED) is 0.919. The van der Waals surface area contributed by atoms with Gasteiger partial charge in [0, 0.05) is 37.9 Å². The molecule has 5 nitrogen and oxygen atoms in total. The van der Waals surface area contributed by atoms with E-state index in [1.165, 1.54) is 5.56 Å². The number of aryl methyl sites for hydroxylation is 1. The van der Waals surface area contributed by atoms with E-state index in [1.807, 2.05) is 11.4 Å². The molecule has 2 aromatic rings. The van der Waals surface area contributed by atoms with Crippen LogP contribution < -0.4 is 10.2 Å². The molecule has 0 radical (unpaired) electrons. The molecule has 0 unspecified atom stereocenters. The van der Waals surface area contributed by atoms with Gasteiger partial charge >= 0.3 is 0 Å². The summed E-state index contributed by atoms with van der Waals surface area (Å²) in [7, 11) is 0. The van der Waals surface area contributed by atoms with Crippen LogP contribution >= 0.6 is 11.3 Å². The first kappa shape index (κ1) is 15.0. The maximum atomic E-state index is 12.1. The number of carbonyl (C=O) groups excluding carboxylic acids is 1. The molecule has 0 spiro atoms. The van der Waals surface area contributed by atoms with Crippen molar-refractivity contribution in [1.29, 1.82) is 0 Å². The lowest BCUT2D eigenvalue weighted by Gasteiger charge is -2.33. The summed E-state index contributed by atoms with van der Waals surface area (Å²) >= 11 is 1.67. The van der Waals surface area contributed by atoms with E-state index in [9.17, 15) is 4.79 Å². The molecule has 1 N–H and O–H groups in total. The van der Waals surface area contributed by atoms with Crippen molar-refractivity contribution in [3.05, 3.63) is 40.8 Å². The van der Waals surface area contributed by atoms with Crippen LogP contribution in [0.3, 0.4) is 0 Å². The number of nitrogens with one attached hydrogen (secondary N) is 1. The Balaban J connectivity index is 1.48. The van der Waals surface area contributed by atoms with Crippen LogP contribution in [0, 0.1) is 0 Å². The van der Waals surface area contributed by atoms with Gasteiger partial charge in [0.15, 0.2) is 0 Å². The smallest absolute Gasteiger partial charge is 0.225 e. The fourth-order valence-electron chi connectivity index (χ4n) is 2.72. The van der Waals surface area contributed by atoms with Crippen LogP contribution in [0.2, 0.25) is 0 Å². The molecule has 1 amide bonds. The van der Waals surface area contributed by atoms with Crippen molar-refractivity contribution < 1.29 is 4.79 Å². The molecule has 6 heteroatoms. The van der Waals surface area contributed by atoms with Crippen LogP contribution in [0.1, 0.15) is 24.8 Å². The molecule has 0 aliphatic carbocycles. The predicted octanol–water partition coefficient (Wildman–Crippen LogP) is 2.26. The van der Waals surface area contributed by atoms with Crippen LogP contribution in [0.25, 0.3) is 0 Å². The third-order valence-electron chi connectivity index (χ3n) is 3.84. The van der Waals surface area contributed by atoms with E-state index in [2.05, 4.69) is 31.6 Å². The molecule has 2 aromatic heterocycles. The lowest BCUT2D eigenvalue weighted by atomic mass is 10.1. The number of carbonyl (C=O) groups is 1. The monoisotopic (exact) mass is 316 g/mol. The zero-order chi connectivity index (χ0) is 15.2. The molecule has 0 aromatic carbocycles. The fourth-order valence-corrected chi connectivity index (χ4v) is 3.43. The van der Waals surface area contributed by atoms with Gasteiger partial charge in [0.2, 0.25) is 11.9 Å². The van der Waals surface area contributed by atoms with Gasteiger partial charge in [-0.25, -0.2) is 9.97 Å². The minimum atomic E-state index is 0.132. The molecule has 1 atom stereocenters. The van der Waals surface area contributed by atoms with Gasteiger partial charge in [-0.2, -0.15) is 11.3 Å². The summed E-state index contributed by atoms with van der Waals surface area (Å²) in [6, 6.07) is 4.08. The van der Waals surface area contributed by atoms with Crippen LogP contribution in [-0.2, 0) is 11.2 Å². The van der Waals surface area contributed by atoms with E-state index < -0.39 is 0 Å². The van der Waals surface area contributed by atoms with E-state index in [0.29, 0.717) is 6.42 Å². The van der Waals surface area contributed by atoms with Crippen molar-refractivity contribution in [2.24, 2.45) is 0 Å². The second kappa shape index (κ2) is 7.35. The topological polar surface area (TPSA) is 58.1 Å². The lowest BCUT2D eigenvalue weighted by molar-refractivity contribution is -0.121. The second-order valence-corrected chi connectivity index (χ2v) is 6.31. The molecule has 3 heterocycles. The minimum Gasteiger partial charge on any atom is -0.352 e. The molecular weight excluding hydrogens is 296 g/mol. The largest absolute Gasteiger partial charge is 0.352 e. The molecule has 1 aliphatic rings. The van der Waals surface area contributed by atoms with Crippen molar-refractivity contribution in [2.45, 2.75) is 31.7 Å². The van der Waals surface area contributed by atoms with Gasteiger partial charge < -0.3 is 10.2 Å². The van der Waals surface area contributed by atoms with Crippen molar-refractivity contribution in [1.82, 2.24) is 15.3 Å². The van der Waals surface area contributed by atoms with Crippen molar-refractivity contribution >= 4 is 23.2 Å². The van der Waals surface area contributed by atoms with Crippen molar-refractivity contribution in [3.8, 4) is 0 Å². The predicted molar refractivity (Wildman–Crippen MR) is 88.0 cm³/mol. The standard InChI is InChI=1S/C16H20N4OS/c21-15(5-4-13-6-10-22-12-13)19-14-3-1-9-20(11-14)16-17-7-2-8-18-16/h2,6-8,10,12,14H,1,3-5,9,11H2,(H,19,21)/t14-/m1/s1.